The highest BCUT2D eigenvalue weighted by Crippen LogP contribution is 2.32. The van der Waals surface area contributed by atoms with Gasteiger partial charge in [-0.25, -0.2) is 0 Å². The number of amides is 2. The van der Waals surface area contributed by atoms with Gasteiger partial charge in [-0.15, -0.1) is 11.6 Å². The number of carboxylic acids is 1. The maximum Gasteiger partial charge on any atom is 0.326 e. The molecule has 2 aliphatic carbocycles. The predicted octanol–water partition coefficient (Wildman–Crippen LogP) is 10.2. The van der Waals surface area contributed by atoms with Crippen LogP contribution in [0.3, 0.4) is 0 Å². The number of fused-ring (bicyclic) bond motifs is 2. The first-order valence-electron chi connectivity index (χ1n) is 29.0. The molecular formula is C64H83ClN6O14. The minimum Gasteiger partial charge on any atom is -0.496 e. The summed E-state index contributed by atoms with van der Waals surface area (Å²) in [4.78, 5) is 133. The Morgan fingerprint density at radius 3 is 1.41 bits per heavy atom. The van der Waals surface area contributed by atoms with Crippen molar-refractivity contribution in [3.8, 4) is 23.6 Å². The van der Waals surface area contributed by atoms with E-state index in [0.717, 1.165) is 53.9 Å². The van der Waals surface area contributed by atoms with Gasteiger partial charge in [0.1, 0.15) is 33.9 Å². The van der Waals surface area contributed by atoms with E-state index in [9.17, 15) is 53.2 Å². The Labute approximate surface area is 502 Å². The molecule has 21 heteroatoms. The van der Waals surface area contributed by atoms with Crippen LogP contribution < -0.4 is 20.1 Å². The molecule has 6 atom stereocenters. The number of ketones is 6. The van der Waals surface area contributed by atoms with Crippen LogP contribution in [-0.4, -0.2) is 112 Å². The third kappa shape index (κ3) is 20.5. The fourth-order valence-electron chi connectivity index (χ4n) is 10.2. The van der Waals surface area contributed by atoms with Gasteiger partial charge in [0, 0.05) is 71.2 Å². The molecule has 0 aliphatic heterocycles. The number of nitrogens with one attached hydrogen (secondary N) is 4. The van der Waals surface area contributed by atoms with E-state index >= 15 is 0 Å². The number of hydrogen-bond acceptors (Lipinski definition) is 15. The summed E-state index contributed by atoms with van der Waals surface area (Å²) in [6.07, 6.45) is 6.86. The molecule has 2 fully saturated rings. The third-order valence-electron chi connectivity index (χ3n) is 15.3. The molecule has 20 nitrogen and oxygen atoms in total. The summed E-state index contributed by atoms with van der Waals surface area (Å²) in [6, 6.07) is 16.0. The molecule has 2 aliphatic rings. The van der Waals surface area contributed by atoms with E-state index in [1.54, 1.807) is 38.5 Å². The predicted molar refractivity (Wildman–Crippen MR) is 319 cm³/mol. The number of aromatic nitrogens is 2. The number of rotatable bonds is 27. The van der Waals surface area contributed by atoms with Crippen molar-refractivity contribution < 1.29 is 67.3 Å². The Balaban J connectivity index is 0.000000326. The number of aromatic amines is 2. The average molecular weight is 1200 g/mol. The molecule has 0 radical (unpaired) electrons. The Morgan fingerprint density at radius 2 is 1.07 bits per heavy atom. The normalized spacial score (nSPS) is 16.6. The first-order chi connectivity index (χ1) is 40.1. The minimum atomic E-state index is -1.44. The van der Waals surface area contributed by atoms with Gasteiger partial charge in [0.05, 0.1) is 55.7 Å². The van der Waals surface area contributed by atoms with Gasteiger partial charge in [0.25, 0.3) is 0 Å². The molecule has 460 valence electrons. The summed E-state index contributed by atoms with van der Waals surface area (Å²) >= 11 is 5.82. The van der Waals surface area contributed by atoms with Crippen LogP contribution in [-0.2, 0) is 43.1 Å². The van der Waals surface area contributed by atoms with Crippen molar-refractivity contribution in [1.29, 1.82) is 10.5 Å². The van der Waals surface area contributed by atoms with Gasteiger partial charge in [-0.1, -0.05) is 52.7 Å². The number of alkyl halides is 1. The molecule has 0 saturated heterocycles. The SMILES string of the molecule is CC(C)(C#N)C(=O)O.COc1cccc2[nH]c(C(=O)C[C@@H](CC(C)C)C(=O)N[C@@H](C[C@@H]3CCCCC3=O)C(=O)CCl)cc12.COc1cccc2[nH]c(C(=O)C[C@@H](CC(C)C)C(=O)N[C@@H](C[C@@H]3CCCCC3=O)C(=O)COC(=O)C(C)(C)C#N)cc12. The summed E-state index contributed by atoms with van der Waals surface area (Å²) in [7, 11) is 3.13. The van der Waals surface area contributed by atoms with Crippen LogP contribution in [0.2, 0.25) is 0 Å². The maximum absolute atomic E-state index is 13.6. The molecular weight excluding hydrogens is 1110 g/mol. The highest BCUT2D eigenvalue weighted by molar-refractivity contribution is 6.28. The van der Waals surface area contributed by atoms with Crippen LogP contribution in [0.15, 0.2) is 48.5 Å². The second-order valence-corrected chi connectivity index (χ2v) is 24.2. The summed E-state index contributed by atoms with van der Waals surface area (Å²) in [5, 5.41) is 32.7. The van der Waals surface area contributed by atoms with Crippen molar-refractivity contribution in [2.45, 2.75) is 157 Å². The van der Waals surface area contributed by atoms with Crippen LogP contribution in [0.1, 0.15) is 166 Å². The fraction of sp³-hybridized carbons (Fsp3) is 0.562. The molecule has 6 rings (SSSR count). The van der Waals surface area contributed by atoms with Crippen LogP contribution in [0, 0.1) is 69.0 Å². The van der Waals surface area contributed by atoms with Gasteiger partial charge in [0.15, 0.2) is 29.7 Å². The van der Waals surface area contributed by atoms with Gasteiger partial charge < -0.3 is 39.9 Å². The van der Waals surface area contributed by atoms with Crippen LogP contribution in [0.25, 0.3) is 21.8 Å². The number of benzene rings is 2. The number of H-pyrrole nitrogens is 2. The number of methoxy groups -OCH3 is 2. The Kier molecular flexibility index (Phi) is 26.7. The number of carboxylic acid groups (broad SMARTS) is 1. The fourth-order valence-corrected chi connectivity index (χ4v) is 10.4. The van der Waals surface area contributed by atoms with Crippen LogP contribution in [0.5, 0.6) is 11.5 Å². The Hall–Kier alpha value is -7.71. The van der Waals surface area contributed by atoms with Crippen molar-refractivity contribution in [2.24, 2.45) is 46.3 Å². The molecule has 2 saturated carbocycles. The summed E-state index contributed by atoms with van der Waals surface area (Å²) in [5.74, 6) is -4.59. The number of hydrogen-bond donors (Lipinski definition) is 5. The van der Waals surface area contributed by atoms with E-state index in [4.69, 9.17) is 36.2 Å². The number of esters is 1. The zero-order chi connectivity index (χ0) is 63.3. The van der Waals surface area contributed by atoms with Crippen LogP contribution >= 0.6 is 11.6 Å². The number of ether oxygens (including phenoxy) is 3. The topological polar surface area (TPSA) is 322 Å². The highest BCUT2D eigenvalue weighted by atomic mass is 35.5. The van der Waals surface area contributed by atoms with Gasteiger partial charge in [-0.05, 0) is 127 Å². The number of carbonyl (C=O) groups excluding carboxylic acids is 9. The first-order valence-corrected chi connectivity index (χ1v) is 29.5. The summed E-state index contributed by atoms with van der Waals surface area (Å²) in [6.45, 7) is 12.7. The van der Waals surface area contributed by atoms with Gasteiger partial charge in [-0.3, -0.25) is 47.9 Å². The first kappa shape index (κ1) is 69.8. The van der Waals surface area contributed by atoms with E-state index in [0.29, 0.717) is 55.0 Å². The number of nitriles is 2. The average Bonchev–Trinajstić information content (AvgIpc) is 3.41. The molecule has 2 aromatic heterocycles. The molecule has 4 aromatic rings. The largest absolute Gasteiger partial charge is 0.496 e. The van der Waals surface area contributed by atoms with Gasteiger partial charge in [0.2, 0.25) is 11.8 Å². The van der Waals surface area contributed by atoms with E-state index in [1.165, 1.54) is 27.7 Å². The van der Waals surface area contributed by atoms with Crippen molar-refractivity contribution in [2.75, 3.05) is 26.7 Å². The molecule has 2 amide bonds. The standard InChI is InChI=1S/C32H41N3O7.C27H35ClN2O5.C5H7NO2/c1-19(2)13-21(15-27(37)25-16-22-23(34-25)10-8-12-29(22)41-5)30(39)35-24(14-20-9-6-7-11-26(20)36)28(38)17-42-31(40)32(3,4)18-33;1-16(2)11-18(13-24(32)22-14-19-20(29-22)8-6-10-26(19)35-3)27(34)30-21(25(33)15-28)12-17-7-4-5-9-23(17)31;1-5(2,3-6)4(7)8/h8,10,12,16,19-21,24,34H,6-7,9,11,13-15,17H2,1-5H3,(H,35,39);6,8,10,14,16-18,21,29H,4-5,7,9,11-13,15H2,1-3H3,(H,30,34);1-2H3,(H,7,8)/t20-,21+,24-;17-,18+,21-;/m00./s1. The van der Waals surface area contributed by atoms with Crippen molar-refractivity contribution in [3.05, 3.63) is 59.9 Å². The molecule has 2 aromatic carbocycles. The molecule has 0 unspecified atom stereocenters. The lowest BCUT2D eigenvalue weighted by molar-refractivity contribution is -0.154. The zero-order valence-electron chi connectivity index (χ0n) is 50.6. The molecule has 0 bridgehead atoms. The minimum absolute atomic E-state index is 0.00327. The number of Topliss-reactive ketones (excluding diaryl/α,β-unsaturated/α-hetero) is 6. The number of carbonyl (C=O) groups is 10. The quantitative estimate of drug-likeness (QED) is 0.0210. The lowest BCUT2D eigenvalue weighted by Gasteiger charge is -2.27. The van der Waals surface area contributed by atoms with E-state index in [1.807, 2.05) is 64.1 Å². The highest BCUT2D eigenvalue weighted by Gasteiger charge is 2.36. The molecule has 2 heterocycles. The maximum atomic E-state index is 13.6. The molecule has 5 N–H and O–H groups in total. The lowest BCUT2D eigenvalue weighted by Crippen LogP contribution is -2.47. The van der Waals surface area contributed by atoms with Gasteiger partial charge >= 0.3 is 11.9 Å². The van der Waals surface area contributed by atoms with Crippen LogP contribution in [0.4, 0.5) is 0 Å². The number of nitrogens with zero attached hydrogens (tertiary/aromatic N) is 2. The van der Waals surface area contributed by atoms with E-state index in [-0.39, 0.29) is 84.1 Å². The van der Waals surface area contributed by atoms with E-state index in [2.05, 4.69) is 20.6 Å². The Morgan fingerprint density at radius 1 is 0.659 bits per heavy atom. The summed E-state index contributed by atoms with van der Waals surface area (Å²) in [5.41, 5.74) is -0.397. The third-order valence-corrected chi connectivity index (χ3v) is 15.6. The van der Waals surface area contributed by atoms with E-state index < -0.39 is 70.9 Å². The monoisotopic (exact) mass is 1190 g/mol. The molecule has 85 heavy (non-hydrogen) atoms. The lowest BCUT2D eigenvalue weighted by atomic mass is 9.82. The number of halogens is 1. The Bertz CT molecular complexity index is 3140. The molecule has 0 spiro atoms. The van der Waals surface area contributed by atoms with Crippen molar-refractivity contribution >= 4 is 91.9 Å². The van der Waals surface area contributed by atoms with Gasteiger partial charge in [-0.2, -0.15) is 10.5 Å². The zero-order valence-corrected chi connectivity index (χ0v) is 51.3. The smallest absolute Gasteiger partial charge is 0.326 e. The summed E-state index contributed by atoms with van der Waals surface area (Å²) < 4.78 is 15.9. The van der Waals surface area contributed by atoms with Crippen molar-refractivity contribution in [1.82, 2.24) is 20.6 Å². The second kappa shape index (κ2) is 32.5. The van der Waals surface area contributed by atoms with Crippen molar-refractivity contribution in [3.63, 3.8) is 0 Å². The number of aliphatic carboxylic acids is 1. The second-order valence-electron chi connectivity index (χ2n) is 23.9.